The Morgan fingerprint density at radius 1 is 1.29 bits per heavy atom. The standard InChI is InChI=1S/C24H33FN2O3S/c1-17(2)8-11-26(14-18(3)28)15-24(29)27-12-9-23-21(10-13-31-23)22(27)16-30-20-6-4-19(25)5-7-20/h4-7,10,13,17-18,22,28H,8-9,11-12,14-16H2,1-3H3/t18-,22+/m1/s1. The Balaban J connectivity index is 1.71. The van der Waals surface area contributed by atoms with Gasteiger partial charge in [-0.05, 0) is 73.5 Å². The number of benzene rings is 1. The van der Waals surface area contributed by atoms with E-state index in [4.69, 9.17) is 4.74 Å². The molecule has 3 rings (SSSR count). The van der Waals surface area contributed by atoms with Gasteiger partial charge in [-0.2, -0.15) is 0 Å². The van der Waals surface area contributed by atoms with Crippen molar-refractivity contribution < 1.29 is 19.0 Å². The highest BCUT2D eigenvalue weighted by Crippen LogP contribution is 2.34. The summed E-state index contributed by atoms with van der Waals surface area (Å²) >= 11 is 1.71. The molecule has 1 aromatic carbocycles. The minimum absolute atomic E-state index is 0.0500. The molecule has 0 saturated carbocycles. The molecule has 2 aromatic rings. The predicted molar refractivity (Wildman–Crippen MR) is 122 cm³/mol. The first-order valence-electron chi connectivity index (χ1n) is 11.0. The summed E-state index contributed by atoms with van der Waals surface area (Å²) in [5.41, 5.74) is 1.14. The number of hydrogen-bond donors (Lipinski definition) is 1. The van der Waals surface area contributed by atoms with Crippen molar-refractivity contribution in [2.45, 2.75) is 45.8 Å². The quantitative estimate of drug-likeness (QED) is 0.594. The van der Waals surface area contributed by atoms with Crippen LogP contribution >= 0.6 is 11.3 Å². The van der Waals surface area contributed by atoms with E-state index in [-0.39, 0.29) is 24.3 Å². The van der Waals surface area contributed by atoms with Crippen LogP contribution in [0.1, 0.15) is 43.7 Å². The maximum Gasteiger partial charge on any atom is 0.237 e. The molecule has 0 aliphatic carbocycles. The number of hydrogen-bond acceptors (Lipinski definition) is 5. The van der Waals surface area contributed by atoms with E-state index in [1.54, 1.807) is 30.4 Å². The molecule has 2 heterocycles. The molecule has 170 valence electrons. The fourth-order valence-electron chi connectivity index (χ4n) is 3.91. The molecule has 2 atom stereocenters. The molecule has 1 aliphatic rings. The normalized spacial score (nSPS) is 17.1. The van der Waals surface area contributed by atoms with Crippen LogP contribution in [0.2, 0.25) is 0 Å². The van der Waals surface area contributed by atoms with Gasteiger partial charge in [0.05, 0.1) is 18.7 Å². The lowest BCUT2D eigenvalue weighted by Crippen LogP contribution is -2.47. The van der Waals surface area contributed by atoms with E-state index in [0.29, 0.717) is 31.4 Å². The summed E-state index contributed by atoms with van der Waals surface area (Å²) in [6.45, 7) is 8.59. The highest BCUT2D eigenvalue weighted by Gasteiger charge is 2.33. The third-order valence-corrected chi connectivity index (χ3v) is 6.54. The summed E-state index contributed by atoms with van der Waals surface area (Å²) in [4.78, 5) is 18.6. The molecule has 1 amide bonds. The largest absolute Gasteiger partial charge is 0.491 e. The number of halogens is 1. The molecule has 1 N–H and O–H groups in total. The molecular formula is C24H33FN2O3S. The van der Waals surface area contributed by atoms with Crippen LogP contribution in [-0.4, -0.2) is 59.7 Å². The fourth-order valence-corrected chi connectivity index (χ4v) is 4.84. The van der Waals surface area contributed by atoms with E-state index >= 15 is 0 Å². The lowest BCUT2D eigenvalue weighted by molar-refractivity contribution is -0.136. The lowest BCUT2D eigenvalue weighted by atomic mass is 10.0. The Morgan fingerprint density at radius 2 is 2.03 bits per heavy atom. The van der Waals surface area contributed by atoms with Crippen molar-refractivity contribution >= 4 is 17.2 Å². The number of aliphatic hydroxyl groups excluding tert-OH is 1. The van der Waals surface area contributed by atoms with E-state index < -0.39 is 6.10 Å². The fraction of sp³-hybridized carbons (Fsp3) is 0.542. The Bertz CT molecular complexity index is 838. The molecule has 5 nitrogen and oxygen atoms in total. The van der Waals surface area contributed by atoms with Gasteiger partial charge in [-0.1, -0.05) is 13.8 Å². The maximum absolute atomic E-state index is 13.3. The average Bonchev–Trinajstić information content (AvgIpc) is 3.20. The monoisotopic (exact) mass is 448 g/mol. The van der Waals surface area contributed by atoms with E-state index in [1.165, 1.54) is 17.0 Å². The molecule has 1 aliphatic heterocycles. The minimum atomic E-state index is -0.484. The number of fused-ring (bicyclic) bond motifs is 1. The van der Waals surface area contributed by atoms with Crippen molar-refractivity contribution in [2.24, 2.45) is 5.92 Å². The first-order chi connectivity index (χ1) is 14.8. The molecule has 0 saturated heterocycles. The highest BCUT2D eigenvalue weighted by atomic mass is 32.1. The summed E-state index contributed by atoms with van der Waals surface area (Å²) in [7, 11) is 0. The SMILES string of the molecule is CC(C)CCN(CC(=O)N1CCc2sccc2[C@@H]1COc1ccc(F)cc1)C[C@@H](C)O. The van der Waals surface area contributed by atoms with Crippen LogP contribution < -0.4 is 4.74 Å². The summed E-state index contributed by atoms with van der Waals surface area (Å²) in [6, 6.07) is 7.86. The van der Waals surface area contributed by atoms with Gasteiger partial charge in [0.15, 0.2) is 0 Å². The van der Waals surface area contributed by atoms with Crippen molar-refractivity contribution in [3.63, 3.8) is 0 Å². The second kappa shape index (κ2) is 11.1. The molecule has 0 unspecified atom stereocenters. The molecule has 0 bridgehead atoms. The first kappa shape index (κ1) is 23.7. The Labute approximate surface area is 188 Å². The number of aliphatic hydroxyl groups is 1. The number of thiophene rings is 1. The summed E-state index contributed by atoms with van der Waals surface area (Å²) in [5.74, 6) is 0.867. The molecule has 7 heteroatoms. The van der Waals surface area contributed by atoms with Gasteiger partial charge >= 0.3 is 0 Å². The van der Waals surface area contributed by atoms with Crippen molar-refractivity contribution in [1.82, 2.24) is 9.80 Å². The van der Waals surface area contributed by atoms with Gasteiger partial charge < -0.3 is 14.7 Å². The van der Waals surface area contributed by atoms with Crippen LogP contribution in [0.15, 0.2) is 35.7 Å². The van der Waals surface area contributed by atoms with Gasteiger partial charge in [0, 0.05) is 18.0 Å². The van der Waals surface area contributed by atoms with Crippen LogP contribution in [-0.2, 0) is 11.2 Å². The molecule has 0 radical (unpaired) electrons. The Hall–Kier alpha value is -1.96. The van der Waals surface area contributed by atoms with Crippen LogP contribution in [0.3, 0.4) is 0 Å². The highest BCUT2D eigenvalue weighted by molar-refractivity contribution is 7.10. The van der Waals surface area contributed by atoms with Crippen molar-refractivity contribution in [3.05, 3.63) is 52.0 Å². The number of carbonyl (C=O) groups excluding carboxylic acids is 1. The number of carbonyl (C=O) groups is 1. The van der Waals surface area contributed by atoms with Crippen LogP contribution in [0.25, 0.3) is 0 Å². The van der Waals surface area contributed by atoms with Gasteiger partial charge in [0.1, 0.15) is 18.2 Å². The Morgan fingerprint density at radius 3 is 2.71 bits per heavy atom. The van der Waals surface area contributed by atoms with Crippen LogP contribution in [0.5, 0.6) is 5.75 Å². The number of ether oxygens (including phenoxy) is 1. The first-order valence-corrected chi connectivity index (χ1v) is 11.9. The van der Waals surface area contributed by atoms with Gasteiger partial charge in [-0.3, -0.25) is 9.69 Å². The van der Waals surface area contributed by atoms with Gasteiger partial charge in [-0.15, -0.1) is 11.3 Å². The van der Waals surface area contributed by atoms with E-state index in [2.05, 4.69) is 25.3 Å². The van der Waals surface area contributed by atoms with Gasteiger partial charge in [-0.25, -0.2) is 4.39 Å². The van der Waals surface area contributed by atoms with Gasteiger partial charge in [0.25, 0.3) is 0 Å². The average molecular weight is 449 g/mol. The van der Waals surface area contributed by atoms with E-state index in [0.717, 1.165) is 24.9 Å². The number of rotatable bonds is 10. The van der Waals surface area contributed by atoms with Crippen molar-refractivity contribution in [3.8, 4) is 5.75 Å². The van der Waals surface area contributed by atoms with Crippen LogP contribution in [0.4, 0.5) is 4.39 Å². The zero-order chi connectivity index (χ0) is 22.4. The van der Waals surface area contributed by atoms with E-state index in [1.807, 2.05) is 9.80 Å². The third-order valence-electron chi connectivity index (χ3n) is 5.54. The molecular weight excluding hydrogens is 415 g/mol. The summed E-state index contributed by atoms with van der Waals surface area (Å²) < 4.78 is 19.1. The molecule has 0 fully saturated rings. The zero-order valence-electron chi connectivity index (χ0n) is 18.6. The lowest BCUT2D eigenvalue weighted by Gasteiger charge is -2.37. The minimum Gasteiger partial charge on any atom is -0.491 e. The molecule has 1 aromatic heterocycles. The van der Waals surface area contributed by atoms with E-state index in [9.17, 15) is 14.3 Å². The molecule has 31 heavy (non-hydrogen) atoms. The van der Waals surface area contributed by atoms with Crippen molar-refractivity contribution in [2.75, 3.05) is 32.8 Å². The number of nitrogens with zero attached hydrogens (tertiary/aromatic N) is 2. The van der Waals surface area contributed by atoms with Crippen molar-refractivity contribution in [1.29, 1.82) is 0 Å². The topological polar surface area (TPSA) is 53.0 Å². The number of amides is 1. The zero-order valence-corrected chi connectivity index (χ0v) is 19.4. The second-order valence-corrected chi connectivity index (χ2v) is 9.68. The Kier molecular flexibility index (Phi) is 8.46. The molecule has 0 spiro atoms. The van der Waals surface area contributed by atoms with Crippen LogP contribution in [0, 0.1) is 11.7 Å². The smallest absolute Gasteiger partial charge is 0.237 e. The summed E-state index contributed by atoms with van der Waals surface area (Å²) in [6.07, 6.45) is 1.34. The van der Waals surface area contributed by atoms with Gasteiger partial charge in [0.2, 0.25) is 5.91 Å². The third kappa shape index (κ3) is 6.76. The maximum atomic E-state index is 13.3. The predicted octanol–water partition coefficient (Wildman–Crippen LogP) is 4.12. The second-order valence-electron chi connectivity index (χ2n) is 8.68. The summed E-state index contributed by atoms with van der Waals surface area (Å²) in [5, 5.41) is 11.9.